The molecule has 0 aliphatic carbocycles. The Hall–Kier alpha value is -2.15. The molecular formula is C13H14ClNO6. The third-order valence-electron chi connectivity index (χ3n) is 2.52. The molecule has 21 heavy (non-hydrogen) atoms. The van der Waals surface area contributed by atoms with Gasteiger partial charge in [-0.25, -0.2) is 0 Å². The van der Waals surface area contributed by atoms with Crippen molar-refractivity contribution in [3.05, 3.63) is 32.8 Å². The molecule has 0 heterocycles. The van der Waals surface area contributed by atoms with Crippen molar-refractivity contribution in [2.24, 2.45) is 0 Å². The summed E-state index contributed by atoms with van der Waals surface area (Å²) in [6.45, 7) is 2.21. The number of hydrogen-bond acceptors (Lipinski definition) is 6. The molecule has 0 saturated heterocycles. The molecule has 114 valence electrons. The summed E-state index contributed by atoms with van der Waals surface area (Å²) >= 11 is 5.90. The Morgan fingerprint density at radius 1 is 1.48 bits per heavy atom. The van der Waals surface area contributed by atoms with Gasteiger partial charge in [0, 0.05) is 12.5 Å². The van der Waals surface area contributed by atoms with E-state index < -0.39 is 4.92 Å². The van der Waals surface area contributed by atoms with Crippen molar-refractivity contribution in [2.45, 2.75) is 19.8 Å². The Kier molecular flexibility index (Phi) is 6.61. The summed E-state index contributed by atoms with van der Waals surface area (Å²) in [4.78, 5) is 32.0. The molecule has 0 spiro atoms. The monoisotopic (exact) mass is 315 g/mol. The average Bonchev–Trinajstić information content (AvgIpc) is 2.44. The first-order valence-electron chi connectivity index (χ1n) is 6.21. The quantitative estimate of drug-likeness (QED) is 0.240. The fraction of sp³-hybridized carbons (Fsp3) is 0.385. The first-order chi connectivity index (χ1) is 10.0. The highest BCUT2D eigenvalue weighted by Crippen LogP contribution is 2.33. The fourth-order valence-electron chi connectivity index (χ4n) is 1.58. The van der Waals surface area contributed by atoms with Crippen LogP contribution in [0.25, 0.3) is 0 Å². The van der Waals surface area contributed by atoms with E-state index >= 15 is 0 Å². The number of carbonyl (C=O) groups is 2. The van der Waals surface area contributed by atoms with E-state index in [2.05, 4.69) is 0 Å². The van der Waals surface area contributed by atoms with Gasteiger partial charge in [0.25, 0.3) is 5.69 Å². The minimum absolute atomic E-state index is 0.115. The normalized spacial score (nSPS) is 10.0. The van der Waals surface area contributed by atoms with Crippen LogP contribution in [0.15, 0.2) is 12.1 Å². The summed E-state index contributed by atoms with van der Waals surface area (Å²) < 4.78 is 10.1. The number of benzene rings is 1. The van der Waals surface area contributed by atoms with Crippen LogP contribution in [0.4, 0.5) is 5.69 Å². The molecule has 0 aliphatic heterocycles. The largest absolute Gasteiger partial charge is 0.492 e. The molecule has 0 N–H and O–H groups in total. The van der Waals surface area contributed by atoms with Crippen molar-refractivity contribution in [3.63, 3.8) is 0 Å². The number of rotatable bonds is 8. The van der Waals surface area contributed by atoms with Crippen LogP contribution in [0, 0.1) is 10.1 Å². The van der Waals surface area contributed by atoms with Crippen LogP contribution in [0.5, 0.6) is 5.75 Å². The molecular weight excluding hydrogens is 302 g/mol. The smallest absolute Gasteiger partial charge is 0.305 e. The zero-order valence-electron chi connectivity index (χ0n) is 11.3. The average molecular weight is 316 g/mol. The summed E-state index contributed by atoms with van der Waals surface area (Å²) in [5, 5.41) is 10.6. The molecule has 7 nitrogen and oxygen atoms in total. The van der Waals surface area contributed by atoms with Gasteiger partial charge in [0.05, 0.1) is 18.1 Å². The van der Waals surface area contributed by atoms with Crippen LogP contribution in [0.3, 0.4) is 0 Å². The Morgan fingerprint density at radius 2 is 2.19 bits per heavy atom. The number of ether oxygens (including phenoxy) is 2. The standard InChI is InChI=1S/C13H14ClNO6/c1-2-20-12(17)4-3-7-21-11-6-5-10(15(18)19)9(8-16)13(11)14/h5-6,8H,2-4,7H2,1H3. The number of hydrogen-bond donors (Lipinski definition) is 0. The van der Waals surface area contributed by atoms with Crippen LogP contribution in [-0.2, 0) is 9.53 Å². The van der Waals surface area contributed by atoms with Gasteiger partial charge in [-0.2, -0.15) is 0 Å². The number of esters is 1. The Labute approximate surface area is 125 Å². The molecule has 1 aromatic carbocycles. The van der Waals surface area contributed by atoms with Crippen LogP contribution in [0.2, 0.25) is 5.02 Å². The summed E-state index contributed by atoms with van der Waals surface area (Å²) in [6.07, 6.45) is 0.910. The number of nitro benzene ring substituents is 1. The van der Waals surface area contributed by atoms with Gasteiger partial charge in [-0.05, 0) is 19.4 Å². The van der Waals surface area contributed by atoms with Crippen molar-refractivity contribution in [2.75, 3.05) is 13.2 Å². The molecule has 0 aromatic heterocycles. The maximum absolute atomic E-state index is 11.1. The van der Waals surface area contributed by atoms with E-state index in [0.717, 1.165) is 6.07 Å². The van der Waals surface area contributed by atoms with E-state index in [0.29, 0.717) is 19.3 Å². The summed E-state index contributed by atoms with van der Waals surface area (Å²) in [6, 6.07) is 2.47. The Balaban J connectivity index is 2.66. The van der Waals surface area contributed by atoms with Crippen molar-refractivity contribution in [3.8, 4) is 5.75 Å². The van der Waals surface area contributed by atoms with E-state index in [1.165, 1.54) is 6.07 Å². The van der Waals surface area contributed by atoms with Gasteiger partial charge in [-0.3, -0.25) is 19.7 Å². The van der Waals surface area contributed by atoms with Crippen LogP contribution in [0.1, 0.15) is 30.1 Å². The van der Waals surface area contributed by atoms with Crippen LogP contribution in [-0.4, -0.2) is 30.4 Å². The van der Waals surface area contributed by atoms with Gasteiger partial charge in [0.1, 0.15) is 16.3 Å². The highest BCUT2D eigenvalue weighted by molar-refractivity contribution is 6.34. The second-order valence-electron chi connectivity index (χ2n) is 3.94. The van der Waals surface area contributed by atoms with Gasteiger partial charge in [-0.1, -0.05) is 11.6 Å². The molecule has 0 unspecified atom stereocenters. The van der Waals surface area contributed by atoms with Crippen LogP contribution < -0.4 is 4.74 Å². The van der Waals surface area contributed by atoms with Gasteiger partial charge < -0.3 is 9.47 Å². The fourth-order valence-corrected chi connectivity index (χ4v) is 1.84. The molecule has 0 radical (unpaired) electrons. The van der Waals surface area contributed by atoms with Crippen molar-refractivity contribution >= 4 is 29.5 Å². The summed E-state index contributed by atoms with van der Waals surface area (Å²) in [5.41, 5.74) is -0.613. The number of carbonyl (C=O) groups excluding carboxylic acids is 2. The molecule has 0 atom stereocenters. The maximum atomic E-state index is 11.1. The lowest BCUT2D eigenvalue weighted by Crippen LogP contribution is -2.07. The maximum Gasteiger partial charge on any atom is 0.305 e. The molecule has 1 rings (SSSR count). The topological polar surface area (TPSA) is 95.7 Å². The Bertz CT molecular complexity index is 546. The third kappa shape index (κ3) is 4.71. The number of halogens is 1. The number of aldehydes is 1. The van der Waals surface area contributed by atoms with E-state index in [-0.39, 0.29) is 41.0 Å². The van der Waals surface area contributed by atoms with Crippen molar-refractivity contribution in [1.82, 2.24) is 0 Å². The second-order valence-corrected chi connectivity index (χ2v) is 4.32. The van der Waals surface area contributed by atoms with Crippen molar-refractivity contribution < 1.29 is 24.0 Å². The van der Waals surface area contributed by atoms with Crippen LogP contribution >= 0.6 is 11.6 Å². The van der Waals surface area contributed by atoms with Gasteiger partial charge in [0.15, 0.2) is 6.29 Å². The number of nitrogens with zero attached hydrogens (tertiary/aromatic N) is 1. The van der Waals surface area contributed by atoms with Gasteiger partial charge in [-0.15, -0.1) is 0 Å². The summed E-state index contributed by atoms with van der Waals surface area (Å²) in [5.74, 6) is -0.169. The molecule has 0 amide bonds. The minimum atomic E-state index is -0.694. The highest BCUT2D eigenvalue weighted by atomic mass is 35.5. The molecule has 1 aromatic rings. The van der Waals surface area contributed by atoms with E-state index in [4.69, 9.17) is 21.1 Å². The second kappa shape index (κ2) is 8.21. The van der Waals surface area contributed by atoms with E-state index in [1.807, 2.05) is 0 Å². The van der Waals surface area contributed by atoms with Crippen molar-refractivity contribution in [1.29, 1.82) is 0 Å². The zero-order valence-corrected chi connectivity index (χ0v) is 12.1. The molecule has 0 aliphatic rings. The first-order valence-corrected chi connectivity index (χ1v) is 6.59. The predicted octanol–water partition coefficient (Wildman–Crippen LogP) is 2.78. The SMILES string of the molecule is CCOC(=O)CCCOc1ccc([N+](=O)[O-])c(C=O)c1Cl. The first kappa shape index (κ1) is 16.9. The molecule has 0 fully saturated rings. The predicted molar refractivity (Wildman–Crippen MR) is 74.9 cm³/mol. The Morgan fingerprint density at radius 3 is 2.76 bits per heavy atom. The molecule has 8 heteroatoms. The lowest BCUT2D eigenvalue weighted by molar-refractivity contribution is -0.385. The van der Waals surface area contributed by atoms with E-state index in [1.54, 1.807) is 6.92 Å². The lowest BCUT2D eigenvalue weighted by Gasteiger charge is -2.09. The zero-order chi connectivity index (χ0) is 15.8. The molecule has 0 saturated carbocycles. The van der Waals surface area contributed by atoms with Gasteiger partial charge >= 0.3 is 5.97 Å². The molecule has 0 bridgehead atoms. The third-order valence-corrected chi connectivity index (χ3v) is 2.91. The minimum Gasteiger partial charge on any atom is -0.492 e. The number of nitro groups is 1. The highest BCUT2D eigenvalue weighted by Gasteiger charge is 2.20. The lowest BCUT2D eigenvalue weighted by atomic mass is 10.2. The van der Waals surface area contributed by atoms with E-state index in [9.17, 15) is 19.7 Å². The van der Waals surface area contributed by atoms with Gasteiger partial charge in [0.2, 0.25) is 0 Å². The summed E-state index contributed by atoms with van der Waals surface area (Å²) in [7, 11) is 0.